The summed E-state index contributed by atoms with van der Waals surface area (Å²) >= 11 is 0. The summed E-state index contributed by atoms with van der Waals surface area (Å²) in [6.07, 6.45) is 1.74. The Bertz CT molecular complexity index is 1260. The fourth-order valence-electron chi connectivity index (χ4n) is 3.86. The molecule has 0 unspecified atom stereocenters. The van der Waals surface area contributed by atoms with E-state index in [-0.39, 0.29) is 5.78 Å². The molecule has 0 radical (unpaired) electrons. The van der Waals surface area contributed by atoms with Crippen LogP contribution in [0.4, 0.5) is 11.5 Å². The molecule has 5 aromatic rings. The van der Waals surface area contributed by atoms with Crippen molar-refractivity contribution in [2.24, 2.45) is 0 Å². The zero-order valence-corrected chi connectivity index (χ0v) is 14.3. The van der Waals surface area contributed by atoms with Gasteiger partial charge in [0.05, 0.1) is 5.69 Å². The minimum atomic E-state index is 0.0429. The van der Waals surface area contributed by atoms with Crippen molar-refractivity contribution in [3.63, 3.8) is 0 Å². The van der Waals surface area contributed by atoms with Crippen LogP contribution in [0.25, 0.3) is 32.3 Å². The first kappa shape index (κ1) is 14.8. The van der Waals surface area contributed by atoms with Crippen LogP contribution in [0.3, 0.4) is 0 Å². The number of hydrogen-bond donors (Lipinski definition) is 1. The van der Waals surface area contributed by atoms with Crippen LogP contribution in [-0.2, 0) is 0 Å². The Labute approximate surface area is 150 Å². The van der Waals surface area contributed by atoms with Gasteiger partial charge in [0.1, 0.15) is 5.82 Å². The van der Waals surface area contributed by atoms with E-state index < -0.39 is 0 Å². The topological polar surface area (TPSA) is 42.0 Å². The molecule has 0 atom stereocenters. The molecule has 0 aliphatic carbocycles. The smallest absolute Gasteiger partial charge is 0.162 e. The van der Waals surface area contributed by atoms with Crippen LogP contribution in [0.2, 0.25) is 0 Å². The largest absolute Gasteiger partial charge is 0.340 e. The second kappa shape index (κ2) is 5.53. The summed E-state index contributed by atoms with van der Waals surface area (Å²) in [5.41, 5.74) is 1.50. The van der Waals surface area contributed by atoms with Crippen LogP contribution in [0.1, 0.15) is 17.3 Å². The van der Waals surface area contributed by atoms with E-state index in [1.165, 1.54) is 16.2 Å². The molecule has 5 rings (SSSR count). The van der Waals surface area contributed by atoms with E-state index in [0.717, 1.165) is 27.7 Å². The van der Waals surface area contributed by atoms with Crippen LogP contribution in [-0.4, -0.2) is 10.8 Å². The summed E-state index contributed by atoms with van der Waals surface area (Å²) in [5.74, 6) is 0.768. The summed E-state index contributed by atoms with van der Waals surface area (Å²) in [5, 5.41) is 10.2. The Morgan fingerprint density at radius 3 is 2.35 bits per heavy atom. The normalized spacial score (nSPS) is 11.4. The fraction of sp³-hybridized carbons (Fsp3) is 0.0435. The van der Waals surface area contributed by atoms with Gasteiger partial charge in [0.15, 0.2) is 5.78 Å². The fourth-order valence-corrected chi connectivity index (χ4v) is 3.86. The molecule has 0 aliphatic rings. The summed E-state index contributed by atoms with van der Waals surface area (Å²) in [4.78, 5) is 16.9. The number of nitrogens with one attached hydrogen (secondary N) is 1. The number of anilines is 2. The van der Waals surface area contributed by atoms with Gasteiger partial charge in [-0.05, 0) is 57.4 Å². The molecule has 0 saturated carbocycles. The average molecular weight is 336 g/mol. The lowest BCUT2D eigenvalue weighted by Crippen LogP contribution is -2.03. The third-order valence-corrected chi connectivity index (χ3v) is 4.93. The molecule has 1 heterocycles. The molecule has 0 saturated heterocycles. The highest BCUT2D eigenvalue weighted by Gasteiger charge is 2.17. The van der Waals surface area contributed by atoms with E-state index in [0.29, 0.717) is 5.56 Å². The van der Waals surface area contributed by atoms with Gasteiger partial charge in [0.2, 0.25) is 0 Å². The molecule has 0 fully saturated rings. The predicted octanol–water partition coefficient (Wildman–Crippen LogP) is 5.93. The Hall–Kier alpha value is -3.46. The van der Waals surface area contributed by atoms with Gasteiger partial charge in [0.25, 0.3) is 0 Å². The lowest BCUT2D eigenvalue weighted by Gasteiger charge is -2.17. The molecule has 124 valence electrons. The Balaban J connectivity index is 1.89. The maximum absolute atomic E-state index is 12.5. The highest BCUT2D eigenvalue weighted by atomic mass is 16.1. The quantitative estimate of drug-likeness (QED) is 0.328. The van der Waals surface area contributed by atoms with Gasteiger partial charge in [-0.2, -0.15) is 0 Å². The Kier molecular flexibility index (Phi) is 3.16. The zero-order chi connectivity index (χ0) is 17.7. The average Bonchev–Trinajstić information content (AvgIpc) is 2.66. The first-order valence-corrected chi connectivity index (χ1v) is 8.62. The van der Waals surface area contributed by atoms with Gasteiger partial charge < -0.3 is 5.32 Å². The van der Waals surface area contributed by atoms with Gasteiger partial charge in [-0.25, -0.2) is 4.98 Å². The molecule has 0 amide bonds. The van der Waals surface area contributed by atoms with Crippen LogP contribution < -0.4 is 5.32 Å². The number of ketones is 1. The van der Waals surface area contributed by atoms with Gasteiger partial charge in [-0.3, -0.25) is 4.79 Å². The van der Waals surface area contributed by atoms with Crippen molar-refractivity contribution in [2.45, 2.75) is 6.92 Å². The van der Waals surface area contributed by atoms with Crippen molar-refractivity contribution >= 4 is 49.6 Å². The van der Waals surface area contributed by atoms with Crippen LogP contribution in [0.5, 0.6) is 0 Å². The van der Waals surface area contributed by atoms with Crippen molar-refractivity contribution in [1.29, 1.82) is 0 Å². The highest BCUT2D eigenvalue weighted by Crippen LogP contribution is 2.39. The molecular formula is C23H16N2O. The van der Waals surface area contributed by atoms with Gasteiger partial charge in [-0.1, -0.05) is 48.5 Å². The van der Waals surface area contributed by atoms with Crippen molar-refractivity contribution < 1.29 is 4.79 Å². The summed E-state index contributed by atoms with van der Waals surface area (Å²) in [7, 11) is 0. The highest BCUT2D eigenvalue weighted by molar-refractivity contribution is 6.28. The third kappa shape index (κ3) is 2.14. The van der Waals surface area contributed by atoms with Crippen LogP contribution in [0.15, 0.2) is 72.9 Å². The number of aromatic nitrogens is 1. The molecule has 3 heteroatoms. The molecule has 0 spiro atoms. The number of hydrogen-bond acceptors (Lipinski definition) is 3. The van der Waals surface area contributed by atoms with Crippen molar-refractivity contribution in [3.05, 3.63) is 78.5 Å². The summed E-state index contributed by atoms with van der Waals surface area (Å²) in [6.45, 7) is 1.62. The molecular weight excluding hydrogens is 320 g/mol. The number of nitrogens with zero attached hydrogens (tertiary/aromatic N) is 1. The zero-order valence-electron chi connectivity index (χ0n) is 14.3. The van der Waals surface area contributed by atoms with Crippen molar-refractivity contribution in [3.8, 4) is 0 Å². The SMILES string of the molecule is CC(=O)c1c(Nc2ccccn2)cc2ccc3cccc4ccc1c2c34. The van der Waals surface area contributed by atoms with Crippen LogP contribution >= 0.6 is 0 Å². The Morgan fingerprint density at radius 2 is 1.62 bits per heavy atom. The maximum Gasteiger partial charge on any atom is 0.162 e. The van der Waals surface area contributed by atoms with Crippen molar-refractivity contribution in [2.75, 3.05) is 5.32 Å². The molecule has 1 aromatic heterocycles. The van der Waals surface area contributed by atoms with E-state index in [1.807, 2.05) is 18.2 Å². The number of Topliss-reactive ketones (excluding diaryl/α,β-unsaturated/α-hetero) is 1. The second-order valence-electron chi connectivity index (χ2n) is 6.55. The van der Waals surface area contributed by atoms with E-state index >= 15 is 0 Å². The minimum absolute atomic E-state index is 0.0429. The first-order chi connectivity index (χ1) is 12.7. The molecule has 4 aromatic carbocycles. The molecule has 26 heavy (non-hydrogen) atoms. The third-order valence-electron chi connectivity index (χ3n) is 4.93. The first-order valence-electron chi connectivity index (χ1n) is 8.62. The van der Waals surface area contributed by atoms with E-state index in [2.05, 4.69) is 58.8 Å². The number of carbonyl (C=O) groups is 1. The summed E-state index contributed by atoms with van der Waals surface area (Å²) in [6, 6.07) is 22.5. The summed E-state index contributed by atoms with van der Waals surface area (Å²) < 4.78 is 0. The number of rotatable bonds is 3. The van der Waals surface area contributed by atoms with Crippen LogP contribution in [0, 0.1) is 0 Å². The molecule has 0 bridgehead atoms. The van der Waals surface area contributed by atoms with E-state index in [4.69, 9.17) is 0 Å². The lowest BCUT2D eigenvalue weighted by atomic mass is 9.90. The number of benzene rings is 4. The minimum Gasteiger partial charge on any atom is -0.340 e. The standard InChI is InChI=1S/C23H16N2O/c1-14(26)21-18-11-10-16-6-4-5-15-8-9-17(23(18)22(15)16)13-19(21)25-20-7-2-3-12-24-20/h2-13H,1H3,(H,24,25). The van der Waals surface area contributed by atoms with Gasteiger partial charge >= 0.3 is 0 Å². The predicted molar refractivity (Wildman–Crippen MR) is 108 cm³/mol. The lowest BCUT2D eigenvalue weighted by molar-refractivity contribution is 0.102. The number of pyridine rings is 1. The second-order valence-corrected chi connectivity index (χ2v) is 6.55. The van der Waals surface area contributed by atoms with Crippen molar-refractivity contribution in [1.82, 2.24) is 4.98 Å². The maximum atomic E-state index is 12.5. The van der Waals surface area contributed by atoms with Gasteiger partial charge in [0, 0.05) is 11.8 Å². The van der Waals surface area contributed by atoms with Gasteiger partial charge in [-0.15, -0.1) is 0 Å². The number of carbonyl (C=O) groups excluding carboxylic acids is 1. The monoisotopic (exact) mass is 336 g/mol. The van der Waals surface area contributed by atoms with E-state index in [1.54, 1.807) is 13.1 Å². The molecule has 3 nitrogen and oxygen atoms in total. The molecule has 1 N–H and O–H groups in total. The van der Waals surface area contributed by atoms with E-state index in [9.17, 15) is 4.79 Å². The Morgan fingerprint density at radius 1 is 0.846 bits per heavy atom. The molecule has 0 aliphatic heterocycles.